The van der Waals surface area contributed by atoms with Gasteiger partial charge in [0.1, 0.15) is 0 Å². The van der Waals surface area contributed by atoms with Crippen LogP contribution in [-0.4, -0.2) is 11.7 Å². The number of amides is 1. The number of nitrogens with one attached hydrogen (secondary N) is 1. The fourth-order valence-corrected chi connectivity index (χ4v) is 5.14. The highest BCUT2D eigenvalue weighted by molar-refractivity contribution is 9.10. The van der Waals surface area contributed by atoms with E-state index in [1.54, 1.807) is 0 Å². The first-order chi connectivity index (χ1) is 15.5. The summed E-state index contributed by atoms with van der Waals surface area (Å²) in [5.74, 6) is 0.0429. The molecule has 0 spiro atoms. The molecule has 4 aromatic carbocycles. The maximum Gasteiger partial charge on any atom is 0.256 e. The number of ketones is 1. The summed E-state index contributed by atoms with van der Waals surface area (Å²) in [6.07, 6.45) is 0.381. The first-order valence-electron chi connectivity index (χ1n) is 10.5. The predicted octanol–water partition coefficient (Wildman–Crippen LogP) is 4.39. The lowest BCUT2D eigenvalue weighted by Gasteiger charge is -2.07. The molecule has 0 atom stereocenters. The predicted molar refractivity (Wildman–Crippen MR) is 131 cm³/mol. The van der Waals surface area contributed by atoms with Crippen molar-refractivity contribution in [2.75, 3.05) is 5.32 Å². The maximum atomic E-state index is 13.0. The quantitative estimate of drug-likeness (QED) is 0.463. The van der Waals surface area contributed by atoms with Crippen LogP contribution in [0.4, 0.5) is 5.69 Å². The highest BCUT2D eigenvalue weighted by Crippen LogP contribution is 2.31. The summed E-state index contributed by atoms with van der Waals surface area (Å²) >= 11 is 3.45. The van der Waals surface area contributed by atoms with Crippen LogP contribution in [0.15, 0.2) is 77.3 Å². The summed E-state index contributed by atoms with van der Waals surface area (Å²) in [5, 5.41) is 6.96. The van der Waals surface area contributed by atoms with Gasteiger partial charge in [-0.2, -0.15) is 0 Å². The van der Waals surface area contributed by atoms with E-state index in [9.17, 15) is 9.59 Å². The zero-order valence-electron chi connectivity index (χ0n) is 17.3. The molecule has 0 saturated heterocycles. The number of aryl methyl sites for hydroxylation is 1. The summed E-state index contributed by atoms with van der Waals surface area (Å²) < 4.78 is 0.972. The lowest BCUT2D eigenvalue weighted by Crippen LogP contribution is -2.10. The van der Waals surface area contributed by atoms with Crippen molar-refractivity contribution < 1.29 is 9.59 Å². The number of anilines is 1. The zero-order chi connectivity index (χ0) is 22.0. The monoisotopic (exact) mass is 479 g/mol. The van der Waals surface area contributed by atoms with Crippen molar-refractivity contribution in [1.82, 2.24) is 0 Å². The third-order valence-electron chi connectivity index (χ3n) is 6.41. The lowest BCUT2D eigenvalue weighted by molar-refractivity contribution is -0.113. The molecule has 0 saturated carbocycles. The van der Waals surface area contributed by atoms with Crippen molar-refractivity contribution >= 4 is 55.2 Å². The molecule has 0 unspecified atom stereocenters. The molecule has 1 amide bonds. The normalized spacial score (nSPS) is 14.7. The van der Waals surface area contributed by atoms with Crippen LogP contribution in [0, 0.1) is 6.92 Å². The number of fused-ring (bicyclic) bond motifs is 5. The van der Waals surface area contributed by atoms with Gasteiger partial charge in [0.2, 0.25) is 0 Å². The van der Waals surface area contributed by atoms with E-state index in [0.29, 0.717) is 12.0 Å². The Bertz CT molecular complexity index is 1470. The number of hydrogen-bond acceptors (Lipinski definition) is 2. The van der Waals surface area contributed by atoms with E-state index in [-0.39, 0.29) is 11.7 Å². The molecule has 0 radical (unpaired) electrons. The molecular formula is C28H18BrNO2. The van der Waals surface area contributed by atoms with Gasteiger partial charge in [0.05, 0.1) is 11.3 Å². The Morgan fingerprint density at radius 1 is 0.719 bits per heavy atom. The molecular weight excluding hydrogens is 462 g/mol. The molecule has 4 aromatic rings. The molecule has 32 heavy (non-hydrogen) atoms. The molecule has 1 heterocycles. The standard InChI is InChI=1S/C28H18BrNO2/c1-15-2-4-16(5-3-15)25-20-11-12-21-19(23(20)14-24(25)31)10-13-22-26(28(32)30-27(21)22)17-6-8-18(29)9-7-17/h2-13H,14H2,1H3,(H,30,32). The van der Waals surface area contributed by atoms with Crippen LogP contribution in [0.2, 0.25) is 0 Å². The van der Waals surface area contributed by atoms with Crippen molar-refractivity contribution in [3.8, 4) is 0 Å². The van der Waals surface area contributed by atoms with E-state index < -0.39 is 0 Å². The van der Waals surface area contributed by atoms with Gasteiger partial charge in [0, 0.05) is 27.1 Å². The molecule has 154 valence electrons. The Morgan fingerprint density at radius 2 is 1.34 bits per heavy atom. The van der Waals surface area contributed by atoms with Crippen LogP contribution >= 0.6 is 15.9 Å². The van der Waals surface area contributed by atoms with Crippen molar-refractivity contribution in [1.29, 1.82) is 0 Å². The first kappa shape index (κ1) is 19.2. The van der Waals surface area contributed by atoms with Gasteiger partial charge in [0.25, 0.3) is 5.91 Å². The number of carbonyl (C=O) groups is 2. The zero-order valence-corrected chi connectivity index (χ0v) is 18.9. The van der Waals surface area contributed by atoms with Gasteiger partial charge in [-0.3, -0.25) is 9.59 Å². The molecule has 2 aliphatic rings. The van der Waals surface area contributed by atoms with E-state index in [4.69, 9.17) is 0 Å². The van der Waals surface area contributed by atoms with Crippen LogP contribution in [0.3, 0.4) is 0 Å². The van der Waals surface area contributed by atoms with E-state index >= 15 is 0 Å². The number of Topliss-reactive ketones (excluding diaryl/α,β-unsaturated/α-hetero) is 1. The van der Waals surface area contributed by atoms with Crippen LogP contribution < -0.4 is 15.8 Å². The second kappa shape index (κ2) is 7.01. The molecule has 0 fully saturated rings. The second-order valence-corrected chi connectivity index (χ2v) is 9.27. The summed E-state index contributed by atoms with van der Waals surface area (Å²) in [7, 11) is 0. The van der Waals surface area contributed by atoms with Gasteiger partial charge in [0.15, 0.2) is 5.78 Å². The molecule has 1 aliphatic carbocycles. The smallest absolute Gasteiger partial charge is 0.256 e. The van der Waals surface area contributed by atoms with Gasteiger partial charge in [-0.25, -0.2) is 0 Å². The fraction of sp³-hybridized carbons (Fsp3) is 0.0714. The van der Waals surface area contributed by atoms with Crippen LogP contribution in [0.1, 0.15) is 22.3 Å². The molecule has 1 aliphatic heterocycles. The Kier molecular flexibility index (Phi) is 4.21. The van der Waals surface area contributed by atoms with Gasteiger partial charge < -0.3 is 5.32 Å². The van der Waals surface area contributed by atoms with E-state index in [1.807, 2.05) is 73.7 Å². The van der Waals surface area contributed by atoms with E-state index in [1.165, 1.54) is 5.56 Å². The number of halogens is 1. The highest BCUT2D eigenvalue weighted by atomic mass is 79.9. The van der Waals surface area contributed by atoms with Crippen molar-refractivity contribution in [3.05, 3.63) is 110 Å². The minimum Gasteiger partial charge on any atom is -0.321 e. The Morgan fingerprint density at radius 3 is 2.09 bits per heavy atom. The second-order valence-electron chi connectivity index (χ2n) is 8.35. The van der Waals surface area contributed by atoms with Crippen LogP contribution in [-0.2, 0) is 16.0 Å². The fourth-order valence-electron chi connectivity index (χ4n) is 4.87. The minimum absolute atomic E-state index is 0.0988. The minimum atomic E-state index is -0.0988. The highest BCUT2D eigenvalue weighted by Gasteiger charge is 2.27. The van der Waals surface area contributed by atoms with Crippen molar-refractivity contribution in [3.63, 3.8) is 0 Å². The number of rotatable bonds is 2. The van der Waals surface area contributed by atoms with Gasteiger partial charge >= 0.3 is 0 Å². The average Bonchev–Trinajstić information content (AvgIpc) is 3.31. The van der Waals surface area contributed by atoms with Crippen molar-refractivity contribution in [2.24, 2.45) is 0 Å². The third kappa shape index (κ3) is 2.80. The first-order valence-corrected chi connectivity index (χ1v) is 11.3. The molecule has 4 heteroatoms. The largest absolute Gasteiger partial charge is 0.321 e. The summed E-state index contributed by atoms with van der Waals surface area (Å²) in [6.45, 7) is 2.04. The number of benzene rings is 4. The molecule has 3 nitrogen and oxygen atoms in total. The van der Waals surface area contributed by atoms with Crippen LogP contribution in [0.25, 0.3) is 21.9 Å². The number of carbonyl (C=O) groups excluding carboxylic acids is 2. The van der Waals surface area contributed by atoms with Gasteiger partial charge in [-0.05, 0) is 46.4 Å². The van der Waals surface area contributed by atoms with Crippen molar-refractivity contribution in [2.45, 2.75) is 13.3 Å². The SMILES string of the molecule is Cc1ccc(C2=c3ccc4c5c(ccc4c3CC2=O)=C(c2ccc(Br)cc2)C(=O)N5)cc1. The molecule has 6 rings (SSSR count). The summed E-state index contributed by atoms with van der Waals surface area (Å²) in [5.41, 5.74) is 6.34. The van der Waals surface area contributed by atoms with Gasteiger partial charge in [-0.1, -0.05) is 82.2 Å². The van der Waals surface area contributed by atoms with Crippen LogP contribution in [0.5, 0.6) is 0 Å². The topological polar surface area (TPSA) is 46.2 Å². The average molecular weight is 480 g/mol. The van der Waals surface area contributed by atoms with E-state index in [0.717, 1.165) is 53.6 Å². The van der Waals surface area contributed by atoms with Gasteiger partial charge in [-0.15, -0.1) is 0 Å². The molecule has 0 aromatic heterocycles. The summed E-state index contributed by atoms with van der Waals surface area (Å²) in [6, 6.07) is 24.0. The Labute approximate surface area is 193 Å². The Hall–Kier alpha value is -3.50. The summed E-state index contributed by atoms with van der Waals surface area (Å²) in [4.78, 5) is 25.9. The number of hydrogen-bond donors (Lipinski definition) is 1. The van der Waals surface area contributed by atoms with E-state index in [2.05, 4.69) is 27.3 Å². The molecule has 0 bridgehead atoms. The maximum absolute atomic E-state index is 13.0. The third-order valence-corrected chi connectivity index (χ3v) is 6.93. The lowest BCUT2D eigenvalue weighted by atomic mass is 9.98. The Balaban J connectivity index is 1.61. The molecule has 1 N–H and O–H groups in total.